The largest absolute Gasteiger partial charge is 0.482 e. The molecule has 1 N–H and O–H groups in total. The molecule has 0 saturated heterocycles. The molecule has 1 aromatic heterocycles. The van der Waals surface area contributed by atoms with Crippen LogP contribution in [0.4, 0.5) is 11.4 Å². The van der Waals surface area contributed by atoms with Gasteiger partial charge in [0.25, 0.3) is 5.91 Å². The number of aromatic nitrogens is 1. The van der Waals surface area contributed by atoms with E-state index in [1.165, 1.54) is 16.7 Å². The lowest BCUT2D eigenvalue weighted by Crippen LogP contribution is -2.25. The number of carbonyl (C=O) groups is 1. The summed E-state index contributed by atoms with van der Waals surface area (Å²) < 4.78 is 7.80. The zero-order valence-corrected chi connectivity index (χ0v) is 19.5. The Morgan fingerprint density at radius 2 is 1.82 bits per heavy atom. The molecule has 3 aromatic carbocycles. The van der Waals surface area contributed by atoms with Gasteiger partial charge in [0, 0.05) is 17.5 Å². The van der Waals surface area contributed by atoms with Gasteiger partial charge in [0.1, 0.15) is 5.75 Å². The average Bonchev–Trinajstić information content (AvgIpc) is 3.19. The van der Waals surface area contributed by atoms with Crippen LogP contribution in [0.25, 0.3) is 11.3 Å². The second-order valence-electron chi connectivity index (χ2n) is 8.30. The van der Waals surface area contributed by atoms with Crippen LogP contribution < -0.4 is 14.9 Å². The van der Waals surface area contributed by atoms with Gasteiger partial charge < -0.3 is 14.6 Å². The number of nitrogens with one attached hydrogen (secondary N) is 1. The molecule has 33 heavy (non-hydrogen) atoms. The Morgan fingerprint density at radius 1 is 1.03 bits per heavy atom. The lowest BCUT2D eigenvalue weighted by Gasteiger charge is -2.19. The second-order valence-corrected chi connectivity index (χ2v) is 9.13. The van der Waals surface area contributed by atoms with E-state index >= 15 is 0 Å². The Morgan fingerprint density at radius 3 is 2.61 bits per heavy atom. The van der Waals surface area contributed by atoms with Crippen molar-refractivity contribution in [1.29, 1.82) is 0 Å². The summed E-state index contributed by atoms with van der Waals surface area (Å²) in [5.74, 6) is 0.567. The summed E-state index contributed by atoms with van der Waals surface area (Å²) in [6.07, 6.45) is 0.898. The molecule has 2 heterocycles. The quantitative estimate of drug-likeness (QED) is 0.423. The van der Waals surface area contributed by atoms with E-state index in [0.29, 0.717) is 11.4 Å². The maximum absolute atomic E-state index is 11.8. The number of carbonyl (C=O) groups excluding carboxylic acids is 1. The fourth-order valence-electron chi connectivity index (χ4n) is 4.12. The summed E-state index contributed by atoms with van der Waals surface area (Å²) in [6.45, 7) is 5.05. The van der Waals surface area contributed by atoms with Crippen molar-refractivity contribution < 1.29 is 9.53 Å². The third kappa shape index (κ3) is 4.76. The maximum Gasteiger partial charge on any atom is 0.262 e. The number of amides is 1. The van der Waals surface area contributed by atoms with Crippen molar-refractivity contribution in [3.63, 3.8) is 0 Å². The third-order valence-electron chi connectivity index (χ3n) is 5.60. The minimum atomic E-state index is -0.132. The summed E-state index contributed by atoms with van der Waals surface area (Å²) in [5, 5.41) is 5.05. The molecular weight excluding hydrogens is 430 g/mol. The van der Waals surface area contributed by atoms with Gasteiger partial charge >= 0.3 is 0 Å². The average molecular weight is 456 g/mol. The van der Waals surface area contributed by atoms with Crippen LogP contribution >= 0.6 is 11.3 Å². The summed E-state index contributed by atoms with van der Waals surface area (Å²) in [6, 6.07) is 22.8. The minimum Gasteiger partial charge on any atom is -0.482 e. The Kier molecular flexibility index (Phi) is 5.84. The van der Waals surface area contributed by atoms with Crippen molar-refractivity contribution in [3.8, 4) is 17.0 Å². The van der Waals surface area contributed by atoms with E-state index < -0.39 is 0 Å². The van der Waals surface area contributed by atoms with Gasteiger partial charge in [-0.15, -0.1) is 11.3 Å². The molecule has 1 amide bonds. The van der Waals surface area contributed by atoms with Gasteiger partial charge in [-0.1, -0.05) is 36.4 Å². The van der Waals surface area contributed by atoms with Gasteiger partial charge in [0.05, 0.1) is 17.1 Å². The maximum atomic E-state index is 11.8. The van der Waals surface area contributed by atoms with Gasteiger partial charge in [0.2, 0.25) is 0 Å². The molecule has 5 nitrogen and oxygen atoms in total. The number of fused-ring (bicyclic) bond motifs is 1. The fourth-order valence-corrected chi connectivity index (χ4v) is 5.07. The molecule has 5 rings (SSSR count). The summed E-state index contributed by atoms with van der Waals surface area (Å²) in [7, 11) is 0. The predicted octanol–water partition coefficient (Wildman–Crippen LogP) is 5.64. The van der Waals surface area contributed by atoms with E-state index in [0.717, 1.165) is 34.7 Å². The van der Waals surface area contributed by atoms with E-state index in [1.54, 1.807) is 11.3 Å². The van der Waals surface area contributed by atoms with Gasteiger partial charge in [-0.05, 0) is 67.3 Å². The molecule has 0 spiro atoms. The van der Waals surface area contributed by atoms with Gasteiger partial charge in [-0.2, -0.15) is 0 Å². The zero-order valence-electron chi connectivity index (χ0n) is 18.7. The minimum absolute atomic E-state index is 0.0564. The summed E-state index contributed by atoms with van der Waals surface area (Å²) >= 11 is 1.63. The molecule has 0 fully saturated rings. The lowest BCUT2D eigenvalue weighted by molar-refractivity contribution is -0.118. The van der Waals surface area contributed by atoms with Gasteiger partial charge in [0.15, 0.2) is 11.4 Å². The van der Waals surface area contributed by atoms with E-state index in [1.807, 2.05) is 24.3 Å². The third-order valence-corrected chi connectivity index (χ3v) is 6.47. The van der Waals surface area contributed by atoms with Crippen LogP contribution in [0.5, 0.6) is 5.75 Å². The topological polar surface area (TPSA) is 55.6 Å². The Balaban J connectivity index is 1.58. The number of rotatable bonds is 5. The number of anilines is 1. The van der Waals surface area contributed by atoms with Crippen LogP contribution in [0.3, 0.4) is 0 Å². The molecule has 0 saturated carbocycles. The monoisotopic (exact) mass is 455 g/mol. The van der Waals surface area contributed by atoms with Crippen molar-refractivity contribution in [3.05, 3.63) is 93.6 Å². The number of hydrogen-bond donors (Lipinski definition) is 1. The first-order valence-corrected chi connectivity index (χ1v) is 11.9. The Labute approximate surface area is 197 Å². The van der Waals surface area contributed by atoms with Crippen LogP contribution in [-0.4, -0.2) is 17.1 Å². The molecule has 166 valence electrons. The van der Waals surface area contributed by atoms with E-state index in [2.05, 4.69) is 71.6 Å². The second kappa shape index (κ2) is 9.08. The van der Waals surface area contributed by atoms with Crippen LogP contribution in [0.1, 0.15) is 16.7 Å². The van der Waals surface area contributed by atoms with Crippen molar-refractivity contribution in [1.82, 2.24) is 4.57 Å². The number of nitrogens with zero attached hydrogens (tertiary/aromatic N) is 2. The smallest absolute Gasteiger partial charge is 0.262 e. The molecule has 0 unspecified atom stereocenters. The Hall–Kier alpha value is -3.64. The number of ether oxygens (including phenoxy) is 1. The zero-order chi connectivity index (χ0) is 22.8. The van der Waals surface area contributed by atoms with Crippen molar-refractivity contribution in [2.45, 2.75) is 26.8 Å². The van der Waals surface area contributed by atoms with Gasteiger partial charge in [-0.3, -0.25) is 4.79 Å². The first-order chi connectivity index (χ1) is 16.0. The molecule has 0 aliphatic carbocycles. The van der Waals surface area contributed by atoms with Crippen LogP contribution in [0, 0.1) is 13.8 Å². The summed E-state index contributed by atoms with van der Waals surface area (Å²) in [4.78, 5) is 17.8. The molecule has 1 aliphatic heterocycles. The molecule has 1 aliphatic rings. The SMILES string of the molecule is Cc1cc(C)cc(N=c2scc(-c3ccc4c(c3)NC(=O)CO4)n2CCc2ccccc2)c1. The lowest BCUT2D eigenvalue weighted by atomic mass is 10.1. The highest BCUT2D eigenvalue weighted by molar-refractivity contribution is 7.07. The number of benzene rings is 3. The number of thiazole rings is 1. The van der Waals surface area contributed by atoms with E-state index in [-0.39, 0.29) is 12.5 Å². The normalized spacial score (nSPS) is 13.4. The van der Waals surface area contributed by atoms with Crippen molar-refractivity contribution in [2.75, 3.05) is 11.9 Å². The molecule has 0 bridgehead atoms. The number of hydrogen-bond acceptors (Lipinski definition) is 4. The highest BCUT2D eigenvalue weighted by atomic mass is 32.1. The van der Waals surface area contributed by atoms with Gasteiger partial charge in [-0.25, -0.2) is 4.99 Å². The van der Waals surface area contributed by atoms with Crippen LogP contribution in [-0.2, 0) is 17.8 Å². The summed E-state index contributed by atoms with van der Waals surface area (Å²) in [5.41, 5.74) is 7.44. The van der Waals surface area contributed by atoms with E-state index in [4.69, 9.17) is 9.73 Å². The first kappa shape index (κ1) is 21.2. The predicted molar refractivity (Wildman–Crippen MR) is 133 cm³/mol. The van der Waals surface area contributed by atoms with Crippen molar-refractivity contribution >= 4 is 28.6 Å². The molecule has 4 aromatic rings. The molecule has 6 heteroatoms. The standard InChI is InChI=1S/C27H25N3O2S/c1-18-12-19(2)14-22(13-18)28-27-30(11-10-20-6-4-3-5-7-20)24(17-33-27)21-8-9-25-23(15-21)29-26(31)16-32-25/h3-9,12-15,17H,10-11,16H2,1-2H3,(H,29,31). The molecule has 0 radical (unpaired) electrons. The fraction of sp³-hybridized carbons (Fsp3) is 0.185. The van der Waals surface area contributed by atoms with E-state index in [9.17, 15) is 4.79 Å². The highest BCUT2D eigenvalue weighted by Crippen LogP contribution is 2.33. The molecular formula is C27H25N3O2S. The first-order valence-electron chi connectivity index (χ1n) is 11.0. The molecule has 0 atom stereocenters. The number of aryl methyl sites for hydroxylation is 3. The van der Waals surface area contributed by atoms with Crippen LogP contribution in [0.2, 0.25) is 0 Å². The van der Waals surface area contributed by atoms with Crippen LogP contribution in [0.15, 0.2) is 77.1 Å². The Bertz CT molecular complexity index is 1370. The highest BCUT2D eigenvalue weighted by Gasteiger charge is 2.18. The van der Waals surface area contributed by atoms with Crippen molar-refractivity contribution in [2.24, 2.45) is 4.99 Å².